The van der Waals surface area contributed by atoms with Gasteiger partial charge in [0.25, 0.3) is 0 Å². The first-order chi connectivity index (χ1) is 7.84. The zero-order valence-electron chi connectivity index (χ0n) is 12.4. The van der Waals surface area contributed by atoms with Crippen LogP contribution in [0.1, 0.15) is 33.6 Å². The lowest BCUT2D eigenvalue weighted by atomic mass is 9.83. The van der Waals surface area contributed by atoms with E-state index < -0.39 is 0 Å². The molecule has 3 nitrogen and oxygen atoms in total. The summed E-state index contributed by atoms with van der Waals surface area (Å²) in [6, 6.07) is 0.530. The van der Waals surface area contributed by atoms with E-state index in [-0.39, 0.29) is 0 Å². The average Bonchev–Trinajstić information content (AvgIpc) is 2.18. The fourth-order valence-electron chi connectivity index (χ4n) is 3.01. The van der Waals surface area contributed by atoms with Crippen molar-refractivity contribution in [2.45, 2.75) is 39.7 Å². The second-order valence-corrected chi connectivity index (χ2v) is 6.86. The van der Waals surface area contributed by atoms with Crippen LogP contribution in [0.4, 0.5) is 0 Å². The highest BCUT2D eigenvalue weighted by Crippen LogP contribution is 2.28. The van der Waals surface area contributed by atoms with Crippen molar-refractivity contribution in [3.63, 3.8) is 0 Å². The summed E-state index contributed by atoms with van der Waals surface area (Å²) in [6.07, 6.45) is 2.65. The predicted molar refractivity (Wildman–Crippen MR) is 75.1 cm³/mol. The number of rotatable bonds is 4. The van der Waals surface area contributed by atoms with E-state index in [1.807, 2.05) is 0 Å². The molecule has 1 rings (SSSR count). The molecule has 3 heteroatoms. The zero-order chi connectivity index (χ0) is 13.1. The molecule has 1 saturated heterocycles. The topological polar surface area (TPSA) is 32.5 Å². The molecule has 0 aromatic rings. The van der Waals surface area contributed by atoms with E-state index in [1.165, 1.54) is 32.5 Å². The summed E-state index contributed by atoms with van der Waals surface area (Å²) in [5.41, 5.74) is 6.25. The van der Waals surface area contributed by atoms with Gasteiger partial charge in [-0.2, -0.15) is 0 Å². The molecule has 1 aliphatic heterocycles. The molecule has 0 amide bonds. The van der Waals surface area contributed by atoms with Gasteiger partial charge in [-0.25, -0.2) is 0 Å². The van der Waals surface area contributed by atoms with Crippen molar-refractivity contribution in [3.8, 4) is 0 Å². The van der Waals surface area contributed by atoms with Crippen molar-refractivity contribution in [1.29, 1.82) is 0 Å². The molecule has 1 heterocycles. The molecule has 0 bridgehead atoms. The Morgan fingerprint density at radius 1 is 1.24 bits per heavy atom. The van der Waals surface area contributed by atoms with Crippen LogP contribution in [0.3, 0.4) is 0 Å². The molecule has 0 aromatic carbocycles. The highest BCUT2D eigenvalue weighted by Gasteiger charge is 2.31. The van der Waals surface area contributed by atoms with Gasteiger partial charge < -0.3 is 10.6 Å². The minimum absolute atomic E-state index is 0.295. The Bertz CT molecular complexity index is 212. The van der Waals surface area contributed by atoms with Crippen LogP contribution < -0.4 is 5.73 Å². The summed E-state index contributed by atoms with van der Waals surface area (Å²) in [5, 5.41) is 0. The maximum absolute atomic E-state index is 5.96. The van der Waals surface area contributed by atoms with Crippen LogP contribution in [-0.2, 0) is 0 Å². The third-order valence-corrected chi connectivity index (χ3v) is 3.94. The SMILES string of the molecule is CN(C)CC1CCN(C(CN)C(C)(C)C)CC1. The Labute approximate surface area is 107 Å². The van der Waals surface area contributed by atoms with Crippen LogP contribution >= 0.6 is 0 Å². The Morgan fingerprint density at radius 3 is 2.12 bits per heavy atom. The van der Waals surface area contributed by atoms with Crippen LogP contribution in [-0.4, -0.2) is 56.1 Å². The summed E-state index contributed by atoms with van der Waals surface area (Å²) >= 11 is 0. The van der Waals surface area contributed by atoms with Crippen LogP contribution in [0, 0.1) is 11.3 Å². The summed E-state index contributed by atoms with van der Waals surface area (Å²) in [7, 11) is 4.34. The maximum Gasteiger partial charge on any atom is 0.0266 e. The molecule has 1 aliphatic rings. The smallest absolute Gasteiger partial charge is 0.0266 e. The van der Waals surface area contributed by atoms with Gasteiger partial charge in [0.05, 0.1) is 0 Å². The fraction of sp³-hybridized carbons (Fsp3) is 1.00. The zero-order valence-corrected chi connectivity index (χ0v) is 12.4. The van der Waals surface area contributed by atoms with Gasteiger partial charge in [-0.15, -0.1) is 0 Å². The first kappa shape index (κ1) is 14.9. The molecule has 1 fully saturated rings. The van der Waals surface area contributed by atoms with Crippen LogP contribution in [0.15, 0.2) is 0 Å². The summed E-state index contributed by atoms with van der Waals surface area (Å²) in [4.78, 5) is 4.91. The summed E-state index contributed by atoms with van der Waals surface area (Å²) in [6.45, 7) is 11.4. The lowest BCUT2D eigenvalue weighted by molar-refractivity contribution is 0.0636. The summed E-state index contributed by atoms with van der Waals surface area (Å²) < 4.78 is 0. The molecular formula is C14H31N3. The number of nitrogens with two attached hydrogens (primary N) is 1. The van der Waals surface area contributed by atoms with E-state index in [9.17, 15) is 0 Å². The standard InChI is InChI=1S/C14H31N3/c1-14(2,3)13(10-15)17-8-6-12(7-9-17)11-16(4)5/h12-13H,6-11,15H2,1-5H3. The lowest BCUT2D eigenvalue weighted by Crippen LogP contribution is -2.52. The van der Waals surface area contributed by atoms with E-state index in [0.29, 0.717) is 11.5 Å². The second-order valence-electron chi connectivity index (χ2n) is 6.86. The molecule has 17 heavy (non-hydrogen) atoms. The highest BCUT2D eigenvalue weighted by molar-refractivity contribution is 4.87. The van der Waals surface area contributed by atoms with E-state index in [4.69, 9.17) is 5.73 Å². The van der Waals surface area contributed by atoms with Crippen molar-refractivity contribution in [3.05, 3.63) is 0 Å². The normalized spacial score (nSPS) is 22.1. The molecule has 0 saturated carbocycles. The average molecular weight is 241 g/mol. The molecule has 102 valence electrons. The molecule has 1 atom stereocenters. The van der Waals surface area contributed by atoms with Crippen molar-refractivity contribution >= 4 is 0 Å². The van der Waals surface area contributed by atoms with Gasteiger partial charge in [0.2, 0.25) is 0 Å². The predicted octanol–water partition coefficient (Wildman–Crippen LogP) is 1.63. The minimum atomic E-state index is 0.295. The van der Waals surface area contributed by atoms with Gasteiger partial charge in [0.1, 0.15) is 0 Å². The van der Waals surface area contributed by atoms with Crippen LogP contribution in [0.5, 0.6) is 0 Å². The third kappa shape index (κ3) is 4.57. The van der Waals surface area contributed by atoms with Gasteiger partial charge in [0.15, 0.2) is 0 Å². The Hall–Kier alpha value is -0.120. The number of likely N-dealkylation sites (tertiary alicyclic amines) is 1. The number of piperidine rings is 1. The maximum atomic E-state index is 5.96. The van der Waals surface area contributed by atoms with E-state index in [0.717, 1.165) is 12.5 Å². The molecular weight excluding hydrogens is 210 g/mol. The Morgan fingerprint density at radius 2 is 1.76 bits per heavy atom. The van der Waals surface area contributed by atoms with E-state index >= 15 is 0 Å². The number of nitrogens with zero attached hydrogens (tertiary/aromatic N) is 2. The minimum Gasteiger partial charge on any atom is -0.329 e. The van der Waals surface area contributed by atoms with Gasteiger partial charge in [0, 0.05) is 19.1 Å². The van der Waals surface area contributed by atoms with Crippen molar-refractivity contribution in [2.75, 3.05) is 40.3 Å². The monoisotopic (exact) mass is 241 g/mol. The van der Waals surface area contributed by atoms with Gasteiger partial charge in [-0.1, -0.05) is 20.8 Å². The number of hydrogen-bond acceptors (Lipinski definition) is 3. The third-order valence-electron chi connectivity index (χ3n) is 3.94. The number of hydrogen-bond donors (Lipinski definition) is 1. The highest BCUT2D eigenvalue weighted by atomic mass is 15.2. The molecule has 0 aliphatic carbocycles. The first-order valence-corrected chi connectivity index (χ1v) is 6.93. The fourth-order valence-corrected chi connectivity index (χ4v) is 3.01. The lowest BCUT2D eigenvalue weighted by Gasteiger charge is -2.43. The van der Waals surface area contributed by atoms with Crippen molar-refractivity contribution in [2.24, 2.45) is 17.1 Å². The Kier molecular flexibility index (Phi) is 5.42. The van der Waals surface area contributed by atoms with E-state index in [2.05, 4.69) is 44.7 Å². The van der Waals surface area contributed by atoms with Gasteiger partial charge in [-0.3, -0.25) is 4.90 Å². The van der Waals surface area contributed by atoms with Gasteiger partial charge in [-0.05, 0) is 51.4 Å². The van der Waals surface area contributed by atoms with E-state index in [1.54, 1.807) is 0 Å². The summed E-state index contributed by atoms with van der Waals surface area (Å²) in [5.74, 6) is 0.875. The quantitative estimate of drug-likeness (QED) is 0.812. The van der Waals surface area contributed by atoms with Crippen molar-refractivity contribution in [1.82, 2.24) is 9.80 Å². The van der Waals surface area contributed by atoms with Gasteiger partial charge >= 0.3 is 0 Å². The Balaban J connectivity index is 2.45. The second kappa shape index (κ2) is 6.17. The first-order valence-electron chi connectivity index (χ1n) is 6.93. The van der Waals surface area contributed by atoms with Crippen LogP contribution in [0.2, 0.25) is 0 Å². The molecule has 1 unspecified atom stereocenters. The molecule has 0 aromatic heterocycles. The molecule has 2 N–H and O–H groups in total. The van der Waals surface area contributed by atoms with Crippen molar-refractivity contribution < 1.29 is 0 Å². The van der Waals surface area contributed by atoms with Crippen LogP contribution in [0.25, 0.3) is 0 Å². The largest absolute Gasteiger partial charge is 0.329 e. The molecule has 0 radical (unpaired) electrons. The molecule has 0 spiro atoms.